The van der Waals surface area contributed by atoms with Crippen LogP contribution >= 0.6 is 0 Å². The number of hydrogen-bond acceptors (Lipinski definition) is 5. The van der Waals surface area contributed by atoms with E-state index in [0.29, 0.717) is 29.7 Å². The molecule has 1 aromatic carbocycles. The molecule has 2 atom stereocenters. The molecule has 0 saturated heterocycles. The third-order valence-electron chi connectivity index (χ3n) is 4.88. The van der Waals surface area contributed by atoms with Gasteiger partial charge in [0.15, 0.2) is 5.78 Å². The number of carbonyl (C=O) groups is 1. The average molecular weight is 337 g/mol. The van der Waals surface area contributed by atoms with Crippen LogP contribution in [0.25, 0.3) is 0 Å². The van der Waals surface area contributed by atoms with Gasteiger partial charge in [-0.25, -0.2) is 0 Å². The molecule has 0 saturated carbocycles. The molecular weight excluding hydrogens is 318 g/mol. The van der Waals surface area contributed by atoms with Crippen molar-refractivity contribution in [3.05, 3.63) is 51.2 Å². The first-order valence-corrected chi connectivity index (χ1v) is 8.19. The number of non-ortho nitro benzene ring substituents is 1. The maximum atomic E-state index is 12.8. The summed E-state index contributed by atoms with van der Waals surface area (Å²) in [7, 11) is 0. The number of nitro benzene ring substituents is 1. The Bertz CT molecular complexity index is 874. The standard InChI is InChI=1S/C19H19N3O3/c1-11-14(10-20)17(12-5-4-6-13(7-12)22(24)25)18-15(21-11)8-19(2,3)9-16(18)23/h4-7,14,17H,8-9H2,1-3H3. The van der Waals surface area contributed by atoms with Gasteiger partial charge in [-0.15, -0.1) is 0 Å². The summed E-state index contributed by atoms with van der Waals surface area (Å²) in [6.45, 7) is 5.84. The third kappa shape index (κ3) is 2.98. The number of benzene rings is 1. The van der Waals surface area contributed by atoms with Crippen molar-refractivity contribution in [2.45, 2.75) is 39.5 Å². The van der Waals surface area contributed by atoms with Gasteiger partial charge in [0.05, 0.1) is 16.9 Å². The molecule has 2 unspecified atom stereocenters. The van der Waals surface area contributed by atoms with Crippen LogP contribution in [0, 0.1) is 32.8 Å². The summed E-state index contributed by atoms with van der Waals surface area (Å²) in [6.07, 6.45) is 1.05. The summed E-state index contributed by atoms with van der Waals surface area (Å²) in [4.78, 5) is 28.1. The summed E-state index contributed by atoms with van der Waals surface area (Å²) in [5.74, 6) is -1.11. The minimum Gasteiger partial charge on any atom is -0.294 e. The normalized spacial score (nSPS) is 25.0. The van der Waals surface area contributed by atoms with E-state index < -0.39 is 16.8 Å². The molecule has 2 aliphatic rings. The Hall–Kier alpha value is -2.81. The van der Waals surface area contributed by atoms with Crippen LogP contribution in [-0.2, 0) is 4.79 Å². The van der Waals surface area contributed by atoms with E-state index in [1.165, 1.54) is 12.1 Å². The second kappa shape index (κ2) is 5.92. The van der Waals surface area contributed by atoms with E-state index in [2.05, 4.69) is 11.1 Å². The Labute approximate surface area is 146 Å². The van der Waals surface area contributed by atoms with E-state index in [1.807, 2.05) is 13.8 Å². The number of allylic oxidation sites excluding steroid dienone is 2. The first-order valence-electron chi connectivity index (χ1n) is 8.19. The lowest BCUT2D eigenvalue weighted by Crippen LogP contribution is -2.35. The topological polar surface area (TPSA) is 96.4 Å². The molecule has 25 heavy (non-hydrogen) atoms. The summed E-state index contributed by atoms with van der Waals surface area (Å²) >= 11 is 0. The molecule has 0 radical (unpaired) electrons. The van der Waals surface area contributed by atoms with Crippen LogP contribution < -0.4 is 0 Å². The summed E-state index contributed by atoms with van der Waals surface area (Å²) in [5.41, 5.74) is 2.34. The monoisotopic (exact) mass is 337 g/mol. The quantitative estimate of drug-likeness (QED) is 0.603. The van der Waals surface area contributed by atoms with Crippen LogP contribution in [0.15, 0.2) is 40.5 Å². The predicted molar refractivity (Wildman–Crippen MR) is 93.1 cm³/mol. The van der Waals surface area contributed by atoms with Gasteiger partial charge in [0.1, 0.15) is 0 Å². The van der Waals surface area contributed by atoms with E-state index in [9.17, 15) is 20.2 Å². The zero-order chi connectivity index (χ0) is 18.4. The van der Waals surface area contributed by atoms with Gasteiger partial charge < -0.3 is 0 Å². The number of nitro groups is 1. The van der Waals surface area contributed by atoms with Crippen LogP contribution in [0.5, 0.6) is 0 Å². The van der Waals surface area contributed by atoms with Crippen LogP contribution in [0.4, 0.5) is 5.69 Å². The number of aliphatic imine (C=N–C) groups is 1. The summed E-state index contributed by atoms with van der Waals surface area (Å²) in [5, 5.41) is 20.8. The SMILES string of the molecule is CC1=NC2=C(C(=O)CC(C)(C)C2)C(c2cccc([N+](=O)[O-])c2)C1C#N. The van der Waals surface area contributed by atoms with Crippen molar-refractivity contribution < 1.29 is 9.72 Å². The summed E-state index contributed by atoms with van der Waals surface area (Å²) < 4.78 is 0. The smallest absolute Gasteiger partial charge is 0.269 e. The number of rotatable bonds is 2. The Morgan fingerprint density at radius 2 is 2.08 bits per heavy atom. The van der Waals surface area contributed by atoms with Crippen molar-refractivity contribution in [1.82, 2.24) is 0 Å². The van der Waals surface area contributed by atoms with Crippen LogP contribution in [0.2, 0.25) is 0 Å². The molecule has 1 heterocycles. The van der Waals surface area contributed by atoms with E-state index in [4.69, 9.17) is 0 Å². The molecule has 1 aliphatic carbocycles. The van der Waals surface area contributed by atoms with Gasteiger partial charge in [-0.1, -0.05) is 26.0 Å². The number of hydrogen-bond donors (Lipinski definition) is 0. The van der Waals surface area contributed by atoms with Gasteiger partial charge in [-0.2, -0.15) is 5.26 Å². The molecule has 128 valence electrons. The molecule has 0 aromatic heterocycles. The molecule has 0 amide bonds. The fourth-order valence-corrected chi connectivity index (χ4v) is 3.80. The molecule has 0 bridgehead atoms. The van der Waals surface area contributed by atoms with Gasteiger partial charge in [-0.05, 0) is 24.3 Å². The number of nitrogens with zero attached hydrogens (tertiary/aromatic N) is 3. The predicted octanol–water partition coefficient (Wildman–Crippen LogP) is 3.94. The van der Waals surface area contributed by atoms with E-state index in [-0.39, 0.29) is 16.9 Å². The van der Waals surface area contributed by atoms with Crippen molar-refractivity contribution in [2.75, 3.05) is 0 Å². The zero-order valence-corrected chi connectivity index (χ0v) is 14.4. The first kappa shape index (κ1) is 17.0. The lowest BCUT2D eigenvalue weighted by molar-refractivity contribution is -0.384. The maximum Gasteiger partial charge on any atom is 0.269 e. The van der Waals surface area contributed by atoms with Crippen LogP contribution in [0.1, 0.15) is 45.1 Å². The lowest BCUT2D eigenvalue weighted by Gasteiger charge is -2.37. The molecule has 6 nitrogen and oxygen atoms in total. The van der Waals surface area contributed by atoms with Gasteiger partial charge in [0.25, 0.3) is 5.69 Å². The van der Waals surface area contributed by atoms with Crippen molar-refractivity contribution in [3.8, 4) is 6.07 Å². The highest BCUT2D eigenvalue weighted by molar-refractivity contribution is 6.03. The highest BCUT2D eigenvalue weighted by Gasteiger charge is 2.43. The summed E-state index contributed by atoms with van der Waals surface area (Å²) in [6, 6.07) is 8.46. The largest absolute Gasteiger partial charge is 0.294 e. The van der Waals surface area contributed by atoms with Crippen LogP contribution in [0.3, 0.4) is 0 Å². The van der Waals surface area contributed by atoms with Crippen molar-refractivity contribution >= 4 is 17.2 Å². The average Bonchev–Trinajstić information content (AvgIpc) is 2.52. The third-order valence-corrected chi connectivity index (χ3v) is 4.88. The molecule has 6 heteroatoms. The van der Waals surface area contributed by atoms with Gasteiger partial charge in [0.2, 0.25) is 0 Å². The minimum atomic E-state index is -0.592. The van der Waals surface area contributed by atoms with Gasteiger partial charge in [-0.3, -0.25) is 19.9 Å². The Morgan fingerprint density at radius 1 is 1.36 bits per heavy atom. The fourth-order valence-electron chi connectivity index (χ4n) is 3.80. The number of nitriles is 1. The molecule has 3 rings (SSSR count). The molecular formula is C19H19N3O3. The van der Waals surface area contributed by atoms with E-state index in [0.717, 1.165) is 5.70 Å². The molecule has 0 spiro atoms. The first-order chi connectivity index (χ1) is 11.7. The van der Waals surface area contributed by atoms with E-state index in [1.54, 1.807) is 19.1 Å². The van der Waals surface area contributed by atoms with Crippen molar-refractivity contribution in [3.63, 3.8) is 0 Å². The highest BCUT2D eigenvalue weighted by Crippen LogP contribution is 2.47. The Balaban J connectivity index is 2.19. The van der Waals surface area contributed by atoms with Crippen molar-refractivity contribution in [2.24, 2.45) is 16.3 Å². The number of carbonyl (C=O) groups excluding carboxylic acids is 1. The molecule has 0 N–H and O–H groups in total. The highest BCUT2D eigenvalue weighted by atomic mass is 16.6. The maximum absolute atomic E-state index is 12.8. The number of ketones is 1. The van der Waals surface area contributed by atoms with E-state index >= 15 is 0 Å². The second-order valence-electron chi connectivity index (χ2n) is 7.49. The molecule has 0 fully saturated rings. The fraction of sp³-hybridized carbons (Fsp3) is 0.421. The number of Topliss-reactive ketones (excluding diaryl/α,β-unsaturated/α-hetero) is 1. The van der Waals surface area contributed by atoms with Crippen molar-refractivity contribution in [1.29, 1.82) is 5.26 Å². The van der Waals surface area contributed by atoms with Gasteiger partial charge >= 0.3 is 0 Å². The van der Waals surface area contributed by atoms with Gasteiger partial charge in [0, 0.05) is 41.5 Å². The second-order valence-corrected chi connectivity index (χ2v) is 7.49. The van der Waals surface area contributed by atoms with Crippen LogP contribution in [-0.4, -0.2) is 16.4 Å². The lowest BCUT2D eigenvalue weighted by atomic mass is 9.67. The Kier molecular flexibility index (Phi) is 4.03. The molecule has 1 aliphatic heterocycles. The Morgan fingerprint density at radius 3 is 2.72 bits per heavy atom. The minimum absolute atomic E-state index is 0.0146. The zero-order valence-electron chi connectivity index (χ0n) is 14.4. The molecule has 1 aromatic rings.